The molecular weight excluding hydrogens is 373 g/mol. The van der Waals surface area contributed by atoms with Gasteiger partial charge in [0, 0.05) is 51.5 Å². The van der Waals surface area contributed by atoms with Crippen molar-refractivity contribution in [1.29, 1.82) is 0 Å². The predicted octanol–water partition coefficient (Wildman–Crippen LogP) is 1.80. The maximum absolute atomic E-state index is 13.0. The molecule has 0 unspecified atom stereocenters. The molecule has 10 heteroatoms. The molecule has 28 heavy (non-hydrogen) atoms. The van der Waals surface area contributed by atoms with Gasteiger partial charge in [0.2, 0.25) is 5.91 Å². The summed E-state index contributed by atoms with van der Waals surface area (Å²) in [7, 11) is 1.90. The molecule has 2 aromatic rings. The summed E-state index contributed by atoms with van der Waals surface area (Å²) in [5.41, 5.74) is 0.0400. The Bertz CT molecular complexity index is 836. The quantitative estimate of drug-likeness (QED) is 0.859. The summed E-state index contributed by atoms with van der Waals surface area (Å²) in [5, 5.41) is 6.96. The largest absolute Gasteiger partial charge is 0.435 e. The third kappa shape index (κ3) is 3.65. The van der Waals surface area contributed by atoms with E-state index in [2.05, 4.69) is 15.4 Å². The Morgan fingerprint density at radius 1 is 1.25 bits per heavy atom. The Hall–Kier alpha value is -2.36. The lowest BCUT2D eigenvalue weighted by molar-refractivity contribution is -0.141. The van der Waals surface area contributed by atoms with Crippen molar-refractivity contribution < 1.29 is 18.0 Å². The number of hydrogen-bond acceptors (Lipinski definition) is 4. The van der Waals surface area contributed by atoms with Crippen LogP contribution in [0.4, 0.5) is 13.2 Å². The van der Waals surface area contributed by atoms with Gasteiger partial charge in [0.15, 0.2) is 5.69 Å². The molecule has 2 aliphatic heterocycles. The Labute approximate surface area is 160 Å². The van der Waals surface area contributed by atoms with E-state index in [1.165, 1.54) is 10.9 Å². The van der Waals surface area contributed by atoms with Gasteiger partial charge in [0.05, 0.1) is 24.0 Å². The molecule has 0 spiro atoms. The number of nitrogens with zero attached hydrogens (tertiary/aromatic N) is 5. The second-order valence-electron chi connectivity index (χ2n) is 7.57. The third-order valence-electron chi connectivity index (χ3n) is 5.69. The Morgan fingerprint density at radius 2 is 2.00 bits per heavy atom. The van der Waals surface area contributed by atoms with E-state index in [4.69, 9.17) is 0 Å². The van der Waals surface area contributed by atoms with Crippen LogP contribution in [0.2, 0.25) is 0 Å². The highest BCUT2D eigenvalue weighted by Crippen LogP contribution is 2.32. The van der Waals surface area contributed by atoms with Crippen LogP contribution in [0.3, 0.4) is 0 Å². The fourth-order valence-electron chi connectivity index (χ4n) is 4.15. The van der Waals surface area contributed by atoms with E-state index in [9.17, 15) is 18.0 Å². The molecule has 0 aromatic carbocycles. The number of imidazole rings is 1. The Balaban J connectivity index is 1.38. The molecule has 4 rings (SSSR count). The minimum absolute atomic E-state index is 0.0480. The predicted molar refractivity (Wildman–Crippen MR) is 94.4 cm³/mol. The first-order chi connectivity index (χ1) is 13.3. The zero-order valence-corrected chi connectivity index (χ0v) is 15.6. The summed E-state index contributed by atoms with van der Waals surface area (Å²) in [5.74, 6) is -0.0181. The lowest BCUT2D eigenvalue weighted by atomic mass is 9.91. The van der Waals surface area contributed by atoms with Crippen LogP contribution >= 0.6 is 0 Å². The first-order valence-corrected chi connectivity index (χ1v) is 9.42. The number of hydrogen-bond donors (Lipinski definition) is 1. The second kappa shape index (κ2) is 7.23. The molecule has 1 N–H and O–H groups in total. The molecule has 0 bridgehead atoms. The normalized spacial score (nSPS) is 24.1. The van der Waals surface area contributed by atoms with Crippen LogP contribution < -0.4 is 5.32 Å². The standard InChI is InChI=1S/C18H23F3N6O/c1-25-10-15(23-11-25)13-8-22-9-14(13)17(28)26-5-2-12(3-6-26)27-7-4-16(24-27)18(19,20)21/h4,7,10-14,22H,2-3,5-6,8-9H2,1H3/t13-,14-/m1/s1. The van der Waals surface area contributed by atoms with E-state index in [1.54, 1.807) is 6.33 Å². The summed E-state index contributed by atoms with van der Waals surface area (Å²) < 4.78 is 41.5. The molecular formula is C18H23F3N6O. The highest BCUT2D eigenvalue weighted by atomic mass is 19.4. The molecule has 4 heterocycles. The number of aryl methyl sites for hydroxylation is 1. The topological polar surface area (TPSA) is 68.0 Å². The summed E-state index contributed by atoms with van der Waals surface area (Å²) in [6, 6.07) is 0.882. The molecule has 0 radical (unpaired) electrons. The van der Waals surface area contributed by atoms with Gasteiger partial charge >= 0.3 is 6.18 Å². The van der Waals surface area contributed by atoms with Gasteiger partial charge in [-0.2, -0.15) is 18.3 Å². The van der Waals surface area contributed by atoms with Crippen molar-refractivity contribution in [2.24, 2.45) is 13.0 Å². The highest BCUT2D eigenvalue weighted by molar-refractivity contribution is 5.80. The Morgan fingerprint density at radius 3 is 2.61 bits per heavy atom. The van der Waals surface area contributed by atoms with Gasteiger partial charge in [-0.1, -0.05) is 0 Å². The molecule has 7 nitrogen and oxygen atoms in total. The Kier molecular flexibility index (Phi) is 4.90. The van der Waals surface area contributed by atoms with E-state index < -0.39 is 11.9 Å². The van der Waals surface area contributed by atoms with E-state index >= 15 is 0 Å². The van der Waals surface area contributed by atoms with Crippen molar-refractivity contribution in [3.63, 3.8) is 0 Å². The number of halogens is 3. The summed E-state index contributed by atoms with van der Waals surface area (Å²) in [4.78, 5) is 19.3. The molecule has 0 saturated carbocycles. The maximum atomic E-state index is 13.0. The average Bonchev–Trinajstić information content (AvgIpc) is 3.40. The van der Waals surface area contributed by atoms with Gasteiger partial charge in [-0.05, 0) is 18.9 Å². The molecule has 2 aromatic heterocycles. The lowest BCUT2D eigenvalue weighted by Gasteiger charge is -2.34. The summed E-state index contributed by atoms with van der Waals surface area (Å²) in [6.45, 7) is 2.39. The molecule has 2 aliphatic rings. The number of aromatic nitrogens is 4. The van der Waals surface area contributed by atoms with Crippen LogP contribution in [-0.4, -0.2) is 56.3 Å². The highest BCUT2D eigenvalue weighted by Gasteiger charge is 2.39. The van der Waals surface area contributed by atoms with Gasteiger partial charge < -0.3 is 14.8 Å². The second-order valence-corrected chi connectivity index (χ2v) is 7.57. The minimum atomic E-state index is -4.43. The van der Waals surface area contributed by atoms with Crippen molar-refractivity contribution in [1.82, 2.24) is 29.5 Å². The molecule has 2 fully saturated rings. The SMILES string of the molecule is Cn1cnc([C@@H]2CNC[C@H]2C(=O)N2CCC(n3ccc(C(F)(F)F)n3)CC2)c1. The third-order valence-corrected chi connectivity index (χ3v) is 5.69. The number of carbonyl (C=O) groups excluding carboxylic acids is 1. The van der Waals surface area contributed by atoms with Crippen LogP contribution in [0, 0.1) is 5.92 Å². The minimum Gasteiger partial charge on any atom is -0.342 e. The molecule has 152 valence electrons. The zero-order valence-electron chi connectivity index (χ0n) is 15.6. The monoisotopic (exact) mass is 396 g/mol. The molecule has 0 aliphatic carbocycles. The molecule has 1 amide bonds. The van der Waals surface area contributed by atoms with E-state index in [0.29, 0.717) is 32.5 Å². The maximum Gasteiger partial charge on any atom is 0.435 e. The summed E-state index contributed by atoms with van der Waals surface area (Å²) >= 11 is 0. The van der Waals surface area contributed by atoms with Crippen LogP contribution in [0.15, 0.2) is 24.8 Å². The lowest BCUT2D eigenvalue weighted by Crippen LogP contribution is -2.44. The molecule has 2 atom stereocenters. The number of rotatable bonds is 3. The van der Waals surface area contributed by atoms with Crippen molar-refractivity contribution in [2.45, 2.75) is 31.0 Å². The number of carbonyl (C=O) groups is 1. The number of alkyl halides is 3. The van der Waals surface area contributed by atoms with Crippen LogP contribution in [0.1, 0.15) is 36.2 Å². The van der Waals surface area contributed by atoms with Gasteiger partial charge in [-0.25, -0.2) is 4.98 Å². The number of likely N-dealkylation sites (tertiary alicyclic amines) is 1. The number of piperidine rings is 1. The fraction of sp³-hybridized carbons (Fsp3) is 0.611. The van der Waals surface area contributed by atoms with E-state index in [1.807, 2.05) is 22.7 Å². The van der Waals surface area contributed by atoms with Crippen molar-refractivity contribution in [3.05, 3.63) is 36.2 Å². The van der Waals surface area contributed by atoms with Crippen molar-refractivity contribution in [2.75, 3.05) is 26.2 Å². The van der Waals surface area contributed by atoms with Gasteiger partial charge in [0.25, 0.3) is 0 Å². The van der Waals surface area contributed by atoms with Crippen LogP contribution in [0.25, 0.3) is 0 Å². The van der Waals surface area contributed by atoms with E-state index in [-0.39, 0.29) is 23.8 Å². The van der Waals surface area contributed by atoms with Crippen LogP contribution in [-0.2, 0) is 18.0 Å². The first-order valence-electron chi connectivity index (χ1n) is 9.42. The number of amides is 1. The van der Waals surface area contributed by atoms with Gasteiger partial charge in [-0.3, -0.25) is 9.48 Å². The zero-order chi connectivity index (χ0) is 19.9. The van der Waals surface area contributed by atoms with Gasteiger partial charge in [0.1, 0.15) is 0 Å². The van der Waals surface area contributed by atoms with E-state index in [0.717, 1.165) is 18.3 Å². The average molecular weight is 396 g/mol. The van der Waals surface area contributed by atoms with Gasteiger partial charge in [-0.15, -0.1) is 0 Å². The van der Waals surface area contributed by atoms with Crippen molar-refractivity contribution >= 4 is 5.91 Å². The van der Waals surface area contributed by atoms with Crippen molar-refractivity contribution in [3.8, 4) is 0 Å². The smallest absolute Gasteiger partial charge is 0.342 e. The first kappa shape index (κ1) is 19.0. The fourth-order valence-corrected chi connectivity index (χ4v) is 4.15. The molecule has 2 saturated heterocycles. The summed E-state index contributed by atoms with van der Waals surface area (Å²) in [6.07, 6.45) is 1.82. The number of nitrogens with one attached hydrogen (secondary N) is 1. The van der Waals surface area contributed by atoms with Crippen LogP contribution in [0.5, 0.6) is 0 Å².